The van der Waals surface area contributed by atoms with Crippen LogP contribution in [0.1, 0.15) is 32.2 Å². The van der Waals surface area contributed by atoms with Gasteiger partial charge < -0.3 is 14.2 Å². The molecular formula is C16H20N4O3. The van der Waals surface area contributed by atoms with Crippen LogP contribution in [0.15, 0.2) is 28.8 Å². The molecule has 23 heavy (non-hydrogen) atoms. The van der Waals surface area contributed by atoms with E-state index in [9.17, 15) is 4.79 Å². The van der Waals surface area contributed by atoms with E-state index in [4.69, 9.17) is 9.26 Å². The smallest absolute Gasteiger partial charge is 0.329 e. The average Bonchev–Trinajstić information content (AvgIpc) is 2.89. The highest BCUT2D eigenvalue weighted by molar-refractivity contribution is 5.87. The van der Waals surface area contributed by atoms with Gasteiger partial charge >= 0.3 is 12.0 Å². The zero-order valence-corrected chi connectivity index (χ0v) is 13.5. The monoisotopic (exact) mass is 316 g/mol. The van der Waals surface area contributed by atoms with Gasteiger partial charge in [-0.25, -0.2) is 4.79 Å². The maximum Gasteiger partial charge on any atom is 0.329 e. The summed E-state index contributed by atoms with van der Waals surface area (Å²) in [5, 5.41) is 6.43. The summed E-state index contributed by atoms with van der Waals surface area (Å²) < 4.78 is 11.0. The number of nitrogens with one attached hydrogen (secondary N) is 1. The number of nitrogens with zero attached hydrogens (tertiary/aromatic N) is 3. The molecule has 0 fully saturated rings. The molecule has 0 atom stereocenters. The number of amides is 2. The first-order valence-electron chi connectivity index (χ1n) is 7.62. The molecule has 2 heterocycles. The minimum absolute atomic E-state index is 0.114. The number of benzene rings is 1. The van der Waals surface area contributed by atoms with Crippen molar-refractivity contribution in [3.05, 3.63) is 35.7 Å². The van der Waals surface area contributed by atoms with Crippen LogP contribution in [-0.2, 0) is 13.0 Å². The summed E-state index contributed by atoms with van der Waals surface area (Å²) in [4.78, 5) is 18.3. The summed E-state index contributed by atoms with van der Waals surface area (Å²) in [7, 11) is 0. The van der Waals surface area contributed by atoms with Crippen molar-refractivity contribution in [2.24, 2.45) is 0 Å². The Labute approximate surface area is 134 Å². The Hall–Kier alpha value is -2.57. The van der Waals surface area contributed by atoms with Crippen molar-refractivity contribution in [2.45, 2.75) is 39.3 Å². The van der Waals surface area contributed by atoms with Crippen molar-refractivity contribution in [1.29, 1.82) is 0 Å². The van der Waals surface area contributed by atoms with E-state index in [1.807, 2.05) is 45.0 Å². The van der Waals surface area contributed by atoms with Crippen molar-refractivity contribution < 1.29 is 14.1 Å². The number of hydrogen-bond donors (Lipinski definition) is 1. The highest BCUT2D eigenvalue weighted by atomic mass is 16.5. The van der Waals surface area contributed by atoms with Crippen LogP contribution in [0.4, 0.5) is 10.8 Å². The lowest BCUT2D eigenvalue weighted by atomic mass is 10.1. The van der Waals surface area contributed by atoms with Gasteiger partial charge in [-0.3, -0.25) is 5.32 Å². The van der Waals surface area contributed by atoms with Crippen LogP contribution in [0.5, 0.6) is 5.75 Å². The Morgan fingerprint density at radius 2 is 2.17 bits per heavy atom. The van der Waals surface area contributed by atoms with E-state index in [0.717, 1.165) is 11.3 Å². The molecule has 2 aromatic rings. The highest BCUT2D eigenvalue weighted by Crippen LogP contribution is 2.29. The van der Waals surface area contributed by atoms with E-state index >= 15 is 0 Å². The van der Waals surface area contributed by atoms with Gasteiger partial charge in [0.15, 0.2) is 5.82 Å². The lowest BCUT2D eigenvalue weighted by Crippen LogP contribution is -2.44. The van der Waals surface area contributed by atoms with Crippen LogP contribution in [0.3, 0.4) is 0 Å². The largest absolute Gasteiger partial charge is 0.486 e. The van der Waals surface area contributed by atoms with Crippen molar-refractivity contribution >= 4 is 12.0 Å². The third kappa shape index (κ3) is 3.44. The van der Waals surface area contributed by atoms with Crippen LogP contribution >= 0.6 is 0 Å². The lowest BCUT2D eigenvalue weighted by Gasteiger charge is -2.29. The molecule has 2 amide bonds. The fraction of sp³-hybridized carbons (Fsp3) is 0.438. The summed E-state index contributed by atoms with van der Waals surface area (Å²) in [5.74, 6) is 1.36. The maximum absolute atomic E-state index is 12.5. The minimum atomic E-state index is -0.493. The van der Waals surface area contributed by atoms with Gasteiger partial charge in [0, 0.05) is 12.0 Å². The standard InChI is InChI=1S/C16H20N4O3/c1-4-13-17-14(23-19-13)18-15(21)20-9-11-7-5-6-8-12(11)22-16(2,3)10-20/h5-8H,4,9-10H2,1-3H3,(H,17,18,19,21). The number of fused-ring (bicyclic) bond motifs is 1. The van der Waals surface area contributed by atoms with Crippen LogP contribution in [0, 0.1) is 0 Å². The molecule has 0 bridgehead atoms. The highest BCUT2D eigenvalue weighted by Gasteiger charge is 2.31. The molecule has 0 unspecified atom stereocenters. The van der Waals surface area contributed by atoms with Crippen LogP contribution in [0.25, 0.3) is 0 Å². The first-order valence-corrected chi connectivity index (χ1v) is 7.62. The number of urea groups is 1. The third-order valence-electron chi connectivity index (χ3n) is 3.58. The average molecular weight is 316 g/mol. The predicted octanol–water partition coefficient (Wildman–Crippen LogP) is 2.84. The SMILES string of the molecule is CCc1noc(NC(=O)N2Cc3ccccc3OC(C)(C)C2)n1. The van der Waals surface area contributed by atoms with Crippen LogP contribution in [0.2, 0.25) is 0 Å². The van der Waals surface area contributed by atoms with E-state index in [-0.39, 0.29) is 12.0 Å². The number of carbonyl (C=O) groups is 1. The summed E-state index contributed by atoms with van der Waals surface area (Å²) in [6, 6.07) is 7.56. The summed E-state index contributed by atoms with van der Waals surface area (Å²) in [6.07, 6.45) is 0.650. The first kappa shape index (κ1) is 15.3. The molecular weight excluding hydrogens is 296 g/mol. The number of aryl methyl sites for hydroxylation is 1. The van der Waals surface area contributed by atoms with Gasteiger partial charge in [0.1, 0.15) is 11.4 Å². The van der Waals surface area contributed by atoms with E-state index in [2.05, 4.69) is 15.5 Å². The zero-order valence-electron chi connectivity index (χ0n) is 13.5. The topological polar surface area (TPSA) is 80.5 Å². The van der Waals surface area contributed by atoms with Gasteiger partial charge in [-0.2, -0.15) is 4.98 Å². The second-order valence-corrected chi connectivity index (χ2v) is 6.13. The van der Waals surface area contributed by atoms with E-state index in [0.29, 0.717) is 25.3 Å². The Morgan fingerprint density at radius 1 is 1.39 bits per heavy atom. The first-order chi connectivity index (χ1) is 11.0. The van der Waals surface area contributed by atoms with Gasteiger partial charge in [0.2, 0.25) is 0 Å². The molecule has 0 aliphatic carbocycles. The molecule has 1 aromatic heterocycles. The quantitative estimate of drug-likeness (QED) is 0.921. The molecule has 1 N–H and O–H groups in total. The molecule has 1 aromatic carbocycles. The number of carbonyl (C=O) groups excluding carboxylic acids is 1. The predicted molar refractivity (Wildman–Crippen MR) is 84.3 cm³/mol. The van der Waals surface area contributed by atoms with Gasteiger partial charge in [-0.05, 0) is 19.9 Å². The number of ether oxygens (including phenoxy) is 1. The minimum Gasteiger partial charge on any atom is -0.486 e. The Morgan fingerprint density at radius 3 is 2.91 bits per heavy atom. The maximum atomic E-state index is 12.5. The summed E-state index contributed by atoms with van der Waals surface area (Å²) in [5.41, 5.74) is 0.473. The Bertz CT molecular complexity index is 711. The number of aromatic nitrogens is 2. The third-order valence-corrected chi connectivity index (χ3v) is 3.58. The lowest BCUT2D eigenvalue weighted by molar-refractivity contribution is 0.0833. The molecule has 7 nitrogen and oxygen atoms in total. The van der Waals surface area contributed by atoms with Gasteiger partial charge in [-0.1, -0.05) is 30.3 Å². The van der Waals surface area contributed by atoms with Crippen LogP contribution in [-0.4, -0.2) is 33.2 Å². The molecule has 0 saturated carbocycles. The number of para-hydroxylation sites is 1. The molecule has 7 heteroatoms. The molecule has 0 spiro atoms. The fourth-order valence-electron chi connectivity index (χ4n) is 2.55. The normalized spacial score (nSPS) is 16.2. The molecule has 1 aliphatic rings. The van der Waals surface area contributed by atoms with Gasteiger partial charge in [0.05, 0.1) is 13.1 Å². The molecule has 0 saturated heterocycles. The number of hydrogen-bond acceptors (Lipinski definition) is 5. The van der Waals surface area contributed by atoms with Crippen molar-refractivity contribution in [1.82, 2.24) is 15.0 Å². The van der Waals surface area contributed by atoms with Crippen LogP contribution < -0.4 is 10.1 Å². The zero-order chi connectivity index (χ0) is 16.4. The van der Waals surface area contributed by atoms with Crippen molar-refractivity contribution in [3.8, 4) is 5.75 Å². The molecule has 3 rings (SSSR count). The Kier molecular flexibility index (Phi) is 3.94. The summed E-state index contributed by atoms with van der Waals surface area (Å²) >= 11 is 0. The van der Waals surface area contributed by atoms with Gasteiger partial charge in [0.25, 0.3) is 0 Å². The number of rotatable bonds is 2. The van der Waals surface area contributed by atoms with E-state index in [1.165, 1.54) is 0 Å². The number of anilines is 1. The molecule has 122 valence electrons. The Balaban J connectivity index is 1.79. The second-order valence-electron chi connectivity index (χ2n) is 6.13. The fourth-order valence-corrected chi connectivity index (χ4v) is 2.55. The summed E-state index contributed by atoms with van der Waals surface area (Å²) in [6.45, 7) is 6.74. The van der Waals surface area contributed by atoms with Crippen molar-refractivity contribution in [2.75, 3.05) is 11.9 Å². The van der Waals surface area contributed by atoms with E-state index < -0.39 is 5.60 Å². The second kappa shape index (κ2) is 5.91. The van der Waals surface area contributed by atoms with Crippen molar-refractivity contribution in [3.63, 3.8) is 0 Å². The van der Waals surface area contributed by atoms with E-state index in [1.54, 1.807) is 4.90 Å². The van der Waals surface area contributed by atoms with Gasteiger partial charge in [-0.15, -0.1) is 0 Å². The molecule has 0 radical (unpaired) electrons. The molecule has 1 aliphatic heterocycles.